The lowest BCUT2D eigenvalue weighted by molar-refractivity contribution is -0.120. The highest BCUT2D eigenvalue weighted by molar-refractivity contribution is 7.19. The lowest BCUT2D eigenvalue weighted by Crippen LogP contribution is -2.44. The maximum absolute atomic E-state index is 13.1. The first kappa shape index (κ1) is 20.7. The van der Waals surface area contributed by atoms with Crippen molar-refractivity contribution in [1.29, 1.82) is 0 Å². The number of rotatable bonds is 5. The van der Waals surface area contributed by atoms with E-state index in [1.165, 1.54) is 11.3 Å². The van der Waals surface area contributed by atoms with E-state index in [1.54, 1.807) is 52.0 Å². The number of carbonyl (C=O) groups is 1. The smallest absolute Gasteiger partial charge is 0.329 e. The van der Waals surface area contributed by atoms with Crippen molar-refractivity contribution in [3.8, 4) is 10.8 Å². The number of benzene rings is 1. The maximum atomic E-state index is 13.1. The normalized spacial score (nSPS) is 12.4. The minimum Gasteiger partial charge on any atom is -0.420 e. The highest BCUT2D eigenvalue weighted by Gasteiger charge is 2.29. The van der Waals surface area contributed by atoms with Crippen molar-refractivity contribution in [3.63, 3.8) is 0 Å². The van der Waals surface area contributed by atoms with E-state index in [9.17, 15) is 14.4 Å². The van der Waals surface area contributed by atoms with Crippen LogP contribution in [0, 0.1) is 19.8 Å². The average molecular weight is 440 g/mol. The summed E-state index contributed by atoms with van der Waals surface area (Å²) in [4.78, 5) is 46.5. The fraction of sp³-hybridized carbons (Fsp3) is 0.300. The number of hydrogen-bond acceptors (Lipinski definition) is 8. The van der Waals surface area contributed by atoms with Crippen molar-refractivity contribution in [2.45, 2.75) is 33.7 Å². The van der Waals surface area contributed by atoms with Gasteiger partial charge in [-0.05, 0) is 25.0 Å². The van der Waals surface area contributed by atoms with Crippen molar-refractivity contribution in [2.24, 2.45) is 5.92 Å². The number of H-pyrrole nitrogens is 1. The zero-order valence-electron chi connectivity index (χ0n) is 17.3. The number of hydrogen-bond donors (Lipinski definition) is 2. The summed E-state index contributed by atoms with van der Waals surface area (Å²) in [5, 5.41) is 11.2. The van der Waals surface area contributed by atoms with Gasteiger partial charge in [0.15, 0.2) is 5.13 Å². The molecule has 1 unspecified atom stereocenters. The van der Waals surface area contributed by atoms with Gasteiger partial charge in [0.25, 0.3) is 11.4 Å². The topological polar surface area (TPSA) is 136 Å². The van der Waals surface area contributed by atoms with Crippen LogP contribution in [0.3, 0.4) is 0 Å². The predicted molar refractivity (Wildman–Crippen MR) is 116 cm³/mol. The summed E-state index contributed by atoms with van der Waals surface area (Å²) >= 11 is 1.18. The van der Waals surface area contributed by atoms with E-state index in [-0.39, 0.29) is 5.92 Å². The lowest BCUT2D eigenvalue weighted by Gasteiger charge is -2.21. The van der Waals surface area contributed by atoms with Crippen LogP contribution in [-0.2, 0) is 4.79 Å². The zero-order valence-corrected chi connectivity index (χ0v) is 18.1. The fourth-order valence-corrected chi connectivity index (χ4v) is 4.25. The largest absolute Gasteiger partial charge is 0.420 e. The first-order valence-corrected chi connectivity index (χ1v) is 10.4. The molecule has 1 atom stereocenters. The number of aromatic nitrogens is 5. The molecule has 0 saturated heterocycles. The molecule has 4 aromatic rings. The minimum absolute atomic E-state index is 0.310. The molecular formula is C20H20N6O4S. The molecule has 0 radical (unpaired) electrons. The van der Waals surface area contributed by atoms with Crippen molar-refractivity contribution in [1.82, 2.24) is 24.7 Å². The molecule has 0 fully saturated rings. The monoisotopic (exact) mass is 440 g/mol. The number of nitrogens with zero attached hydrogens (tertiary/aromatic N) is 4. The Hall–Kier alpha value is -3.60. The van der Waals surface area contributed by atoms with Crippen molar-refractivity contribution < 1.29 is 9.21 Å². The van der Waals surface area contributed by atoms with Crippen LogP contribution >= 0.6 is 11.3 Å². The van der Waals surface area contributed by atoms with E-state index in [1.807, 2.05) is 0 Å². The summed E-state index contributed by atoms with van der Waals surface area (Å²) in [6, 6.07) is 5.66. The molecule has 1 aromatic carbocycles. The molecule has 0 spiro atoms. The summed E-state index contributed by atoms with van der Waals surface area (Å²) < 4.78 is 6.40. The molecule has 1 amide bonds. The highest BCUT2D eigenvalue weighted by atomic mass is 32.1. The van der Waals surface area contributed by atoms with Crippen LogP contribution in [-0.4, -0.2) is 30.6 Å². The standard InChI is InChI=1S/C20H20N6O4S/c1-9(2)14(26-18(28)12-7-5-6-8-13(12)22-20(26)29)16(27)23-19-21-10(3)15(31-19)17-25-24-11(4)30-17/h5-9,14H,1-4H3,(H,22,29)(H,21,23,27). The van der Waals surface area contributed by atoms with Gasteiger partial charge in [0.2, 0.25) is 11.8 Å². The van der Waals surface area contributed by atoms with E-state index >= 15 is 0 Å². The Morgan fingerprint density at radius 1 is 1.19 bits per heavy atom. The van der Waals surface area contributed by atoms with Gasteiger partial charge < -0.3 is 14.7 Å². The Kier molecular flexibility index (Phi) is 5.27. The van der Waals surface area contributed by atoms with Crippen LogP contribution in [0.4, 0.5) is 5.13 Å². The van der Waals surface area contributed by atoms with Crippen LogP contribution in [0.15, 0.2) is 38.3 Å². The fourth-order valence-electron chi connectivity index (χ4n) is 3.36. The Labute approximate surface area is 180 Å². The first-order valence-electron chi connectivity index (χ1n) is 9.58. The molecule has 0 aliphatic rings. The third kappa shape index (κ3) is 3.79. The molecule has 3 aromatic heterocycles. The van der Waals surface area contributed by atoms with Gasteiger partial charge >= 0.3 is 5.69 Å². The summed E-state index contributed by atoms with van der Waals surface area (Å²) in [5.74, 6) is -0.113. The number of amides is 1. The van der Waals surface area contributed by atoms with Crippen LogP contribution in [0.2, 0.25) is 0 Å². The molecule has 2 N–H and O–H groups in total. The zero-order chi connectivity index (χ0) is 22.3. The molecule has 11 heteroatoms. The summed E-state index contributed by atoms with van der Waals surface area (Å²) in [6.07, 6.45) is 0. The van der Waals surface area contributed by atoms with Crippen LogP contribution in [0.1, 0.15) is 31.5 Å². The van der Waals surface area contributed by atoms with Gasteiger partial charge in [0.05, 0.1) is 16.6 Å². The van der Waals surface area contributed by atoms with Gasteiger partial charge in [0.1, 0.15) is 10.9 Å². The summed E-state index contributed by atoms with van der Waals surface area (Å²) in [6.45, 7) is 6.98. The molecule has 0 aliphatic carbocycles. The number of thiazole rings is 1. The molecule has 0 bridgehead atoms. The van der Waals surface area contributed by atoms with Crippen LogP contribution in [0.25, 0.3) is 21.7 Å². The third-order valence-electron chi connectivity index (χ3n) is 4.76. The molecule has 31 heavy (non-hydrogen) atoms. The van der Waals surface area contributed by atoms with Gasteiger partial charge in [-0.3, -0.25) is 9.59 Å². The van der Waals surface area contributed by atoms with Gasteiger partial charge in [-0.2, -0.15) is 0 Å². The second kappa shape index (κ2) is 7.91. The predicted octanol–water partition coefficient (Wildman–Crippen LogP) is 2.65. The highest BCUT2D eigenvalue weighted by Crippen LogP contribution is 2.32. The molecule has 160 valence electrons. The molecule has 10 nitrogen and oxygen atoms in total. The number of para-hydroxylation sites is 1. The van der Waals surface area contributed by atoms with Gasteiger partial charge in [-0.15, -0.1) is 10.2 Å². The number of fused-ring (bicyclic) bond motifs is 1. The maximum Gasteiger partial charge on any atom is 0.329 e. The lowest BCUT2D eigenvalue weighted by atomic mass is 10.0. The van der Waals surface area contributed by atoms with Crippen molar-refractivity contribution >= 4 is 33.3 Å². The SMILES string of the molecule is Cc1nnc(-c2sc(NC(=O)C(C(C)C)n3c(=O)[nH]c4ccccc4c3=O)nc2C)o1. The van der Waals surface area contributed by atoms with E-state index in [0.717, 1.165) is 4.57 Å². The van der Waals surface area contributed by atoms with E-state index in [2.05, 4.69) is 25.5 Å². The number of carbonyl (C=O) groups excluding carboxylic acids is 1. The number of nitrogens with one attached hydrogen (secondary N) is 2. The Morgan fingerprint density at radius 2 is 1.94 bits per heavy atom. The Bertz CT molecular complexity index is 1400. The summed E-state index contributed by atoms with van der Waals surface area (Å²) in [5.41, 5.74) is -0.127. The van der Waals surface area contributed by atoms with E-state index in [4.69, 9.17) is 4.42 Å². The number of anilines is 1. The Balaban J connectivity index is 1.71. The molecule has 0 saturated carbocycles. The molecular weight excluding hydrogens is 420 g/mol. The average Bonchev–Trinajstić information content (AvgIpc) is 3.29. The number of aryl methyl sites for hydroxylation is 2. The minimum atomic E-state index is -1.03. The van der Waals surface area contributed by atoms with Gasteiger partial charge in [0, 0.05) is 6.92 Å². The molecule has 4 rings (SSSR count). The number of aromatic amines is 1. The first-order chi connectivity index (χ1) is 14.8. The van der Waals surface area contributed by atoms with Crippen LogP contribution < -0.4 is 16.6 Å². The van der Waals surface area contributed by atoms with Crippen molar-refractivity contribution in [3.05, 3.63) is 56.7 Å². The van der Waals surface area contributed by atoms with E-state index < -0.39 is 23.2 Å². The quantitative estimate of drug-likeness (QED) is 0.487. The van der Waals surface area contributed by atoms with Crippen LogP contribution in [0.5, 0.6) is 0 Å². The molecule has 0 aliphatic heterocycles. The van der Waals surface area contributed by atoms with Gasteiger partial charge in [-0.1, -0.05) is 37.3 Å². The van der Waals surface area contributed by atoms with E-state index in [0.29, 0.717) is 38.4 Å². The van der Waals surface area contributed by atoms with Gasteiger partial charge in [-0.25, -0.2) is 14.3 Å². The third-order valence-corrected chi connectivity index (χ3v) is 5.82. The second-order valence-corrected chi connectivity index (χ2v) is 8.39. The molecule has 3 heterocycles. The van der Waals surface area contributed by atoms with Crippen molar-refractivity contribution in [2.75, 3.05) is 5.32 Å². The Morgan fingerprint density at radius 3 is 2.61 bits per heavy atom. The second-order valence-electron chi connectivity index (χ2n) is 7.39. The summed E-state index contributed by atoms with van der Waals surface area (Å²) in [7, 11) is 0.